The van der Waals surface area contributed by atoms with E-state index in [-0.39, 0.29) is 0 Å². The number of nitrogen functional groups attached to an aromatic ring is 1. The molecule has 0 fully saturated rings. The average molecular weight is 258 g/mol. The van der Waals surface area contributed by atoms with Crippen molar-refractivity contribution in [3.05, 3.63) is 41.5 Å². The maximum atomic E-state index is 5.39. The van der Waals surface area contributed by atoms with Crippen molar-refractivity contribution in [2.75, 3.05) is 10.7 Å². The summed E-state index contributed by atoms with van der Waals surface area (Å²) in [5.74, 6) is 6.77. The van der Waals surface area contributed by atoms with Crippen molar-refractivity contribution < 1.29 is 0 Å². The van der Waals surface area contributed by atoms with E-state index in [0.29, 0.717) is 12.4 Å². The Labute approximate surface area is 112 Å². The largest absolute Gasteiger partial charge is 0.364 e. The van der Waals surface area contributed by atoms with E-state index in [9.17, 15) is 0 Å². The lowest BCUT2D eigenvalue weighted by Gasteiger charge is -2.12. The fraction of sp³-hybridized carbons (Fsp3) is 0.308. The second-order valence-corrected chi connectivity index (χ2v) is 4.16. The van der Waals surface area contributed by atoms with E-state index in [2.05, 4.69) is 38.7 Å². The Kier molecular flexibility index (Phi) is 4.25. The fourth-order valence-electron chi connectivity index (χ4n) is 1.89. The van der Waals surface area contributed by atoms with Crippen LogP contribution in [0, 0.1) is 6.92 Å². The van der Waals surface area contributed by atoms with Gasteiger partial charge in [-0.15, -0.1) is 0 Å². The molecule has 2 rings (SSSR count). The maximum absolute atomic E-state index is 5.39. The van der Waals surface area contributed by atoms with Crippen LogP contribution in [0.15, 0.2) is 24.7 Å². The highest BCUT2D eigenvalue weighted by Gasteiger charge is 2.07. The molecule has 0 aliphatic heterocycles. The number of nitrogens with zero attached hydrogens (tertiary/aromatic N) is 3. The van der Waals surface area contributed by atoms with E-state index in [1.165, 1.54) is 11.9 Å². The highest BCUT2D eigenvalue weighted by atomic mass is 15.3. The van der Waals surface area contributed by atoms with E-state index in [1.54, 1.807) is 6.20 Å². The third kappa shape index (κ3) is 2.97. The van der Waals surface area contributed by atoms with E-state index >= 15 is 0 Å². The number of aromatic nitrogens is 3. The molecule has 6 heteroatoms. The summed E-state index contributed by atoms with van der Waals surface area (Å²) >= 11 is 0. The fourth-order valence-corrected chi connectivity index (χ4v) is 1.89. The number of nitrogens with one attached hydrogen (secondary N) is 2. The number of anilines is 2. The summed E-state index contributed by atoms with van der Waals surface area (Å²) < 4.78 is 0. The van der Waals surface area contributed by atoms with Gasteiger partial charge in [-0.3, -0.25) is 4.98 Å². The molecule has 0 radical (unpaired) electrons. The number of nitrogens with two attached hydrogens (primary N) is 1. The molecule has 2 heterocycles. The summed E-state index contributed by atoms with van der Waals surface area (Å²) in [6.45, 7) is 4.66. The van der Waals surface area contributed by atoms with Gasteiger partial charge in [0.05, 0.1) is 12.2 Å². The lowest BCUT2D eigenvalue weighted by Crippen LogP contribution is -2.13. The van der Waals surface area contributed by atoms with Gasteiger partial charge in [0.25, 0.3) is 0 Å². The van der Waals surface area contributed by atoms with Gasteiger partial charge < -0.3 is 10.7 Å². The number of rotatable bonds is 5. The van der Waals surface area contributed by atoms with Crippen molar-refractivity contribution in [2.24, 2.45) is 5.84 Å². The second kappa shape index (κ2) is 6.10. The Morgan fingerprint density at radius 2 is 2.00 bits per heavy atom. The van der Waals surface area contributed by atoms with Crippen molar-refractivity contribution in [3.8, 4) is 0 Å². The summed E-state index contributed by atoms with van der Waals surface area (Å²) in [5.41, 5.74) is 5.71. The number of hydrogen-bond donors (Lipinski definition) is 3. The van der Waals surface area contributed by atoms with E-state index in [4.69, 9.17) is 5.84 Å². The molecular formula is C13H18N6. The molecule has 0 aromatic carbocycles. The third-order valence-corrected chi connectivity index (χ3v) is 3.01. The van der Waals surface area contributed by atoms with Gasteiger partial charge in [0, 0.05) is 11.8 Å². The molecule has 0 saturated carbocycles. The Bertz CT molecular complexity index is 555. The first-order valence-electron chi connectivity index (χ1n) is 6.21. The van der Waals surface area contributed by atoms with Crippen LogP contribution in [0.5, 0.6) is 0 Å². The Morgan fingerprint density at radius 3 is 2.74 bits per heavy atom. The zero-order valence-corrected chi connectivity index (χ0v) is 11.1. The van der Waals surface area contributed by atoms with Crippen LogP contribution in [0.4, 0.5) is 11.6 Å². The standard InChI is InChI=1S/C13H18N6/c1-3-10-5-4-6-15-11(10)7-16-12-9(2)13(19-14)18-8-17-12/h4-6,8H,3,7,14H2,1-2H3,(H2,16,17,18,19). The lowest BCUT2D eigenvalue weighted by molar-refractivity contribution is 0.957. The van der Waals surface area contributed by atoms with Gasteiger partial charge in [-0.25, -0.2) is 15.8 Å². The van der Waals surface area contributed by atoms with Crippen molar-refractivity contribution in [1.29, 1.82) is 0 Å². The Hall–Kier alpha value is -2.21. The minimum atomic E-state index is 0.620. The quantitative estimate of drug-likeness (QED) is 0.558. The smallest absolute Gasteiger partial charge is 0.148 e. The molecule has 0 amide bonds. The van der Waals surface area contributed by atoms with Crippen LogP contribution in [0.2, 0.25) is 0 Å². The molecule has 2 aromatic heterocycles. The van der Waals surface area contributed by atoms with Crippen molar-refractivity contribution in [1.82, 2.24) is 15.0 Å². The predicted octanol–water partition coefficient (Wildman–Crippen LogP) is 1.64. The van der Waals surface area contributed by atoms with E-state index in [1.807, 2.05) is 13.0 Å². The summed E-state index contributed by atoms with van der Waals surface area (Å²) in [7, 11) is 0. The number of pyridine rings is 1. The molecule has 0 unspecified atom stereocenters. The number of hydrazine groups is 1. The van der Waals surface area contributed by atoms with Crippen LogP contribution in [0.3, 0.4) is 0 Å². The van der Waals surface area contributed by atoms with Crippen LogP contribution in [-0.4, -0.2) is 15.0 Å². The molecule has 0 saturated heterocycles. The van der Waals surface area contributed by atoms with Gasteiger partial charge in [-0.2, -0.15) is 0 Å². The molecule has 0 aliphatic carbocycles. The van der Waals surface area contributed by atoms with Gasteiger partial charge in [0.15, 0.2) is 0 Å². The molecule has 4 N–H and O–H groups in total. The van der Waals surface area contributed by atoms with Crippen molar-refractivity contribution in [2.45, 2.75) is 26.8 Å². The van der Waals surface area contributed by atoms with Crippen LogP contribution in [0.25, 0.3) is 0 Å². The summed E-state index contributed by atoms with van der Waals surface area (Å²) in [5, 5.41) is 3.27. The first-order chi connectivity index (χ1) is 9.26. The van der Waals surface area contributed by atoms with Gasteiger partial charge in [-0.05, 0) is 25.0 Å². The molecule has 19 heavy (non-hydrogen) atoms. The van der Waals surface area contributed by atoms with Crippen LogP contribution in [-0.2, 0) is 13.0 Å². The molecule has 6 nitrogen and oxygen atoms in total. The maximum Gasteiger partial charge on any atom is 0.148 e. The van der Waals surface area contributed by atoms with Gasteiger partial charge in [0.1, 0.15) is 18.0 Å². The molecule has 100 valence electrons. The number of aryl methyl sites for hydroxylation is 1. The first kappa shape index (κ1) is 13.2. The number of hydrogen-bond acceptors (Lipinski definition) is 6. The Morgan fingerprint density at radius 1 is 1.21 bits per heavy atom. The molecule has 2 aromatic rings. The van der Waals surface area contributed by atoms with Crippen molar-refractivity contribution in [3.63, 3.8) is 0 Å². The third-order valence-electron chi connectivity index (χ3n) is 3.01. The monoisotopic (exact) mass is 258 g/mol. The van der Waals surface area contributed by atoms with Crippen molar-refractivity contribution >= 4 is 11.6 Å². The average Bonchev–Trinajstić information content (AvgIpc) is 2.46. The predicted molar refractivity (Wildman–Crippen MR) is 75.5 cm³/mol. The van der Waals surface area contributed by atoms with Gasteiger partial charge in [-0.1, -0.05) is 13.0 Å². The summed E-state index contributed by atoms with van der Waals surface area (Å²) in [6.07, 6.45) is 4.24. The zero-order valence-electron chi connectivity index (χ0n) is 11.1. The first-order valence-corrected chi connectivity index (χ1v) is 6.21. The highest BCUT2D eigenvalue weighted by molar-refractivity contribution is 5.55. The SMILES string of the molecule is CCc1cccnc1CNc1ncnc(NN)c1C. The normalized spacial score (nSPS) is 10.3. The van der Waals surface area contributed by atoms with Gasteiger partial charge in [0.2, 0.25) is 0 Å². The minimum absolute atomic E-state index is 0.620. The molecule has 0 atom stereocenters. The van der Waals surface area contributed by atoms with E-state index < -0.39 is 0 Å². The Balaban J connectivity index is 2.15. The topological polar surface area (TPSA) is 88.8 Å². The van der Waals surface area contributed by atoms with Crippen LogP contribution in [0.1, 0.15) is 23.7 Å². The highest BCUT2D eigenvalue weighted by Crippen LogP contribution is 2.18. The molecule has 0 bridgehead atoms. The molecular weight excluding hydrogens is 240 g/mol. The second-order valence-electron chi connectivity index (χ2n) is 4.16. The molecule has 0 spiro atoms. The minimum Gasteiger partial charge on any atom is -0.364 e. The van der Waals surface area contributed by atoms with Gasteiger partial charge >= 0.3 is 0 Å². The van der Waals surface area contributed by atoms with E-state index in [0.717, 1.165) is 23.5 Å². The molecule has 0 aliphatic rings. The lowest BCUT2D eigenvalue weighted by atomic mass is 10.1. The zero-order chi connectivity index (χ0) is 13.7. The van der Waals surface area contributed by atoms with Crippen LogP contribution >= 0.6 is 0 Å². The van der Waals surface area contributed by atoms with Crippen LogP contribution < -0.4 is 16.6 Å². The summed E-state index contributed by atoms with van der Waals surface area (Å²) in [6, 6.07) is 4.04. The summed E-state index contributed by atoms with van der Waals surface area (Å²) in [4.78, 5) is 12.6.